The fraction of sp³-hybridized carbons (Fsp3) is 0.263. The molecular formula is C19H16F4N6O. The minimum atomic E-state index is -4.75. The Kier molecular flexibility index (Phi) is 4.48. The fourth-order valence-electron chi connectivity index (χ4n) is 3.60. The maximum atomic E-state index is 15.2. The van der Waals surface area contributed by atoms with Crippen LogP contribution in [0.4, 0.5) is 17.6 Å². The number of guanidine groups is 1. The summed E-state index contributed by atoms with van der Waals surface area (Å²) in [5.74, 6) is -0.977. The van der Waals surface area contributed by atoms with Crippen molar-refractivity contribution in [3.8, 4) is 0 Å². The summed E-state index contributed by atoms with van der Waals surface area (Å²) in [5.41, 5.74) is 3.37. The van der Waals surface area contributed by atoms with E-state index in [1.165, 1.54) is 25.4 Å². The lowest BCUT2D eigenvalue weighted by atomic mass is 9.76. The zero-order valence-electron chi connectivity index (χ0n) is 15.6. The SMILES string of the molecule is CN1C(=O)C(C2=CC(c3ccn[nH]3)=CCC2F)(c2ccnc(C(F)(F)F)c2)N=C1N. The van der Waals surface area contributed by atoms with E-state index in [0.717, 1.165) is 11.1 Å². The number of nitrogens with one attached hydrogen (secondary N) is 1. The van der Waals surface area contributed by atoms with E-state index in [9.17, 15) is 18.0 Å². The van der Waals surface area contributed by atoms with E-state index in [2.05, 4.69) is 20.2 Å². The van der Waals surface area contributed by atoms with Crippen LogP contribution in [0.25, 0.3) is 5.57 Å². The molecule has 4 rings (SSSR count). The summed E-state index contributed by atoms with van der Waals surface area (Å²) in [6.45, 7) is 0. The number of carbonyl (C=O) groups excluding carboxylic acids is 1. The molecule has 0 spiro atoms. The first-order valence-corrected chi connectivity index (χ1v) is 8.88. The minimum absolute atomic E-state index is 0.0917. The third-order valence-corrected chi connectivity index (χ3v) is 5.13. The first-order valence-electron chi connectivity index (χ1n) is 8.88. The van der Waals surface area contributed by atoms with Crippen LogP contribution in [0.5, 0.6) is 0 Å². The van der Waals surface area contributed by atoms with Gasteiger partial charge >= 0.3 is 6.18 Å². The van der Waals surface area contributed by atoms with Gasteiger partial charge in [-0.2, -0.15) is 18.3 Å². The number of pyridine rings is 1. The number of H-pyrrole nitrogens is 1. The molecule has 1 aliphatic heterocycles. The molecule has 3 heterocycles. The average Bonchev–Trinajstić information content (AvgIpc) is 3.32. The molecule has 1 amide bonds. The number of rotatable bonds is 3. The van der Waals surface area contributed by atoms with Crippen molar-refractivity contribution < 1.29 is 22.4 Å². The number of halogens is 4. The quantitative estimate of drug-likeness (QED) is 0.746. The van der Waals surface area contributed by atoms with Gasteiger partial charge in [0.1, 0.15) is 11.9 Å². The van der Waals surface area contributed by atoms with Gasteiger partial charge < -0.3 is 5.73 Å². The molecule has 2 unspecified atom stereocenters. The van der Waals surface area contributed by atoms with Crippen molar-refractivity contribution in [2.45, 2.75) is 24.3 Å². The highest BCUT2D eigenvalue weighted by Gasteiger charge is 2.54. The van der Waals surface area contributed by atoms with Gasteiger partial charge in [0, 0.05) is 31.4 Å². The van der Waals surface area contributed by atoms with Gasteiger partial charge in [-0.1, -0.05) is 6.08 Å². The number of nitrogens with zero attached hydrogens (tertiary/aromatic N) is 4. The molecule has 2 aromatic rings. The van der Waals surface area contributed by atoms with Crippen LogP contribution >= 0.6 is 0 Å². The highest BCUT2D eigenvalue weighted by atomic mass is 19.4. The van der Waals surface area contributed by atoms with Gasteiger partial charge in [-0.15, -0.1) is 0 Å². The summed E-state index contributed by atoms with van der Waals surface area (Å²) in [4.78, 5) is 21.7. The molecule has 2 atom stereocenters. The predicted octanol–water partition coefficient (Wildman–Crippen LogP) is 2.56. The first-order chi connectivity index (χ1) is 14.1. The Labute approximate surface area is 168 Å². The second-order valence-corrected chi connectivity index (χ2v) is 6.90. The Morgan fingerprint density at radius 1 is 1.30 bits per heavy atom. The number of aliphatic imine (C=N–C) groups is 1. The van der Waals surface area contributed by atoms with Gasteiger partial charge in [0.2, 0.25) is 0 Å². The Bertz CT molecular complexity index is 1090. The zero-order valence-corrected chi connectivity index (χ0v) is 15.6. The van der Waals surface area contributed by atoms with E-state index < -0.39 is 29.5 Å². The summed E-state index contributed by atoms with van der Waals surface area (Å²) in [6, 6.07) is 3.57. The van der Waals surface area contributed by atoms with Crippen LogP contribution < -0.4 is 5.73 Å². The van der Waals surface area contributed by atoms with Gasteiger partial charge in [-0.05, 0) is 35.4 Å². The molecular weight excluding hydrogens is 404 g/mol. The van der Waals surface area contributed by atoms with Crippen LogP contribution in [-0.4, -0.2) is 45.2 Å². The lowest BCUT2D eigenvalue weighted by Crippen LogP contribution is -2.43. The van der Waals surface area contributed by atoms with Gasteiger partial charge in [0.25, 0.3) is 5.91 Å². The van der Waals surface area contributed by atoms with Crippen LogP contribution in [0.1, 0.15) is 23.4 Å². The molecule has 0 fully saturated rings. The van der Waals surface area contributed by atoms with Crippen molar-refractivity contribution >= 4 is 17.4 Å². The third kappa shape index (κ3) is 2.97. The number of hydrogen-bond acceptors (Lipinski definition) is 5. The van der Waals surface area contributed by atoms with Gasteiger partial charge in [-0.25, -0.2) is 9.38 Å². The molecule has 0 aromatic carbocycles. The number of alkyl halides is 4. The van der Waals surface area contributed by atoms with E-state index in [4.69, 9.17) is 5.73 Å². The maximum Gasteiger partial charge on any atom is 0.433 e. The molecule has 1 aliphatic carbocycles. The zero-order chi connectivity index (χ0) is 21.7. The number of carbonyl (C=O) groups is 1. The Morgan fingerprint density at radius 3 is 2.67 bits per heavy atom. The van der Waals surface area contributed by atoms with E-state index >= 15 is 4.39 Å². The van der Waals surface area contributed by atoms with Crippen molar-refractivity contribution in [2.75, 3.05) is 7.05 Å². The van der Waals surface area contributed by atoms with Gasteiger partial charge in [-0.3, -0.25) is 19.8 Å². The normalized spacial score (nSPS) is 24.6. The number of nitrogens with two attached hydrogens (primary N) is 1. The van der Waals surface area contributed by atoms with Gasteiger partial charge in [0.05, 0.1) is 5.69 Å². The fourth-order valence-corrected chi connectivity index (χ4v) is 3.60. The highest BCUT2D eigenvalue weighted by Crippen LogP contribution is 2.45. The monoisotopic (exact) mass is 420 g/mol. The number of allylic oxidation sites excluding steroid dienone is 3. The number of amides is 1. The van der Waals surface area contributed by atoms with Crippen molar-refractivity contribution in [3.05, 3.63) is 65.3 Å². The lowest BCUT2D eigenvalue weighted by Gasteiger charge is -2.32. The smallest absolute Gasteiger partial charge is 0.369 e. The van der Waals surface area contributed by atoms with Crippen LogP contribution in [0.2, 0.25) is 0 Å². The lowest BCUT2D eigenvalue weighted by molar-refractivity contribution is -0.141. The standard InChI is InChI=1S/C19H16F4N6O/c1-29-16(30)18(27-17(29)24,11-4-6-25-15(9-11)19(21,22)23)12-8-10(2-3-13(12)20)14-5-7-26-28-14/h2,4-9,13H,3H2,1H3,(H2,24,27)(H,26,28). The van der Waals surface area contributed by atoms with E-state index in [1.807, 2.05) is 0 Å². The molecule has 11 heteroatoms. The molecule has 2 aliphatic rings. The molecule has 2 aromatic heterocycles. The largest absolute Gasteiger partial charge is 0.433 e. The minimum Gasteiger partial charge on any atom is -0.369 e. The predicted molar refractivity (Wildman–Crippen MR) is 99.5 cm³/mol. The van der Waals surface area contributed by atoms with Crippen molar-refractivity contribution in [1.29, 1.82) is 0 Å². The second kappa shape index (κ2) is 6.78. The van der Waals surface area contributed by atoms with Crippen molar-refractivity contribution in [2.24, 2.45) is 10.7 Å². The average molecular weight is 420 g/mol. The molecule has 7 nitrogen and oxygen atoms in total. The highest BCUT2D eigenvalue weighted by molar-refractivity contribution is 6.09. The topological polar surface area (TPSA) is 100 Å². The van der Waals surface area contributed by atoms with Crippen LogP contribution in [0.3, 0.4) is 0 Å². The summed E-state index contributed by atoms with van der Waals surface area (Å²) < 4.78 is 55.0. The van der Waals surface area contributed by atoms with Crippen LogP contribution in [0, 0.1) is 0 Å². The summed E-state index contributed by atoms with van der Waals surface area (Å²) in [7, 11) is 1.33. The summed E-state index contributed by atoms with van der Waals surface area (Å²) >= 11 is 0. The molecule has 30 heavy (non-hydrogen) atoms. The van der Waals surface area contributed by atoms with Crippen LogP contribution in [-0.2, 0) is 16.5 Å². The Morgan fingerprint density at radius 2 is 2.07 bits per heavy atom. The molecule has 0 radical (unpaired) electrons. The van der Waals surface area contributed by atoms with Crippen molar-refractivity contribution in [3.63, 3.8) is 0 Å². The number of hydrogen-bond donors (Lipinski definition) is 2. The maximum absolute atomic E-state index is 15.2. The number of likely N-dealkylation sites (N-methyl/N-ethyl adjacent to an activating group) is 1. The summed E-state index contributed by atoms with van der Waals surface area (Å²) in [6.07, 6.45) is -1.07. The van der Waals surface area contributed by atoms with E-state index in [0.29, 0.717) is 17.3 Å². The van der Waals surface area contributed by atoms with Crippen molar-refractivity contribution in [1.82, 2.24) is 20.1 Å². The van der Waals surface area contributed by atoms with Gasteiger partial charge in [0.15, 0.2) is 11.5 Å². The molecule has 0 bridgehead atoms. The number of aromatic amines is 1. The van der Waals surface area contributed by atoms with Crippen LogP contribution in [0.15, 0.2) is 53.3 Å². The van der Waals surface area contributed by atoms with E-state index in [1.54, 1.807) is 12.1 Å². The van der Waals surface area contributed by atoms with E-state index in [-0.39, 0.29) is 23.5 Å². The number of aromatic nitrogens is 3. The Hall–Kier alpha value is -3.50. The summed E-state index contributed by atoms with van der Waals surface area (Å²) in [5, 5.41) is 6.59. The molecule has 0 saturated heterocycles. The molecule has 0 saturated carbocycles. The Balaban J connectivity index is 1.95. The third-order valence-electron chi connectivity index (χ3n) is 5.13. The first kappa shape index (κ1) is 19.8. The molecule has 156 valence electrons. The second-order valence-electron chi connectivity index (χ2n) is 6.90. The molecule has 3 N–H and O–H groups in total.